The van der Waals surface area contributed by atoms with Crippen molar-refractivity contribution in [2.75, 3.05) is 0 Å². The molecule has 2 rings (SSSR count). The van der Waals surface area contributed by atoms with E-state index < -0.39 is 0 Å². The molecule has 0 radical (unpaired) electrons. The summed E-state index contributed by atoms with van der Waals surface area (Å²) >= 11 is 6.71. The van der Waals surface area contributed by atoms with Crippen LogP contribution in [-0.2, 0) is 6.42 Å². The highest BCUT2D eigenvalue weighted by Gasteiger charge is 2.13. The van der Waals surface area contributed by atoms with E-state index in [4.69, 9.17) is 0 Å². The van der Waals surface area contributed by atoms with Crippen LogP contribution >= 0.6 is 31.9 Å². The predicted octanol–water partition coefficient (Wildman–Crippen LogP) is 5.16. The van der Waals surface area contributed by atoms with E-state index in [1.807, 2.05) is 18.2 Å². The van der Waals surface area contributed by atoms with Crippen LogP contribution in [0.2, 0.25) is 0 Å². The number of benzene rings is 1. The van der Waals surface area contributed by atoms with Crippen molar-refractivity contribution < 1.29 is 4.79 Å². The molecule has 0 aliphatic rings. The zero-order chi connectivity index (χ0) is 14.7. The van der Waals surface area contributed by atoms with Crippen molar-refractivity contribution in [1.82, 2.24) is 4.98 Å². The topological polar surface area (TPSA) is 30.0 Å². The van der Waals surface area contributed by atoms with Crippen molar-refractivity contribution in [1.29, 1.82) is 0 Å². The molecule has 0 atom stereocenters. The van der Waals surface area contributed by atoms with E-state index in [9.17, 15) is 4.79 Å². The van der Waals surface area contributed by atoms with Crippen molar-refractivity contribution in [2.24, 2.45) is 0 Å². The Morgan fingerprint density at radius 2 is 1.85 bits per heavy atom. The van der Waals surface area contributed by atoms with Gasteiger partial charge in [-0.05, 0) is 55.0 Å². The fourth-order valence-corrected chi connectivity index (χ4v) is 3.12. The third-order valence-electron chi connectivity index (χ3n) is 3.08. The van der Waals surface area contributed by atoms with Gasteiger partial charge >= 0.3 is 0 Å². The van der Waals surface area contributed by atoms with E-state index in [0.717, 1.165) is 14.5 Å². The number of Topliss-reactive ketones (excluding diaryl/α,β-unsaturated/α-hetero) is 1. The minimum Gasteiger partial charge on any atom is -0.292 e. The summed E-state index contributed by atoms with van der Waals surface area (Å²) in [4.78, 5) is 16.4. The van der Waals surface area contributed by atoms with E-state index >= 15 is 0 Å². The van der Waals surface area contributed by atoms with Crippen LogP contribution in [0, 0.1) is 0 Å². The molecule has 0 N–H and O–H groups in total. The van der Waals surface area contributed by atoms with E-state index in [2.05, 4.69) is 62.8 Å². The molecule has 0 aliphatic heterocycles. The van der Waals surface area contributed by atoms with Gasteiger partial charge in [0.15, 0.2) is 5.78 Å². The average Bonchev–Trinajstić information content (AvgIpc) is 2.39. The highest BCUT2D eigenvalue weighted by Crippen LogP contribution is 2.21. The first-order valence-corrected chi connectivity index (χ1v) is 7.99. The van der Waals surface area contributed by atoms with Crippen LogP contribution < -0.4 is 0 Å². The Kier molecular flexibility index (Phi) is 5.11. The first kappa shape index (κ1) is 15.4. The summed E-state index contributed by atoms with van der Waals surface area (Å²) in [5.41, 5.74) is 2.77. The van der Waals surface area contributed by atoms with Gasteiger partial charge in [-0.3, -0.25) is 9.78 Å². The second kappa shape index (κ2) is 6.64. The molecule has 104 valence electrons. The lowest BCUT2D eigenvalue weighted by Crippen LogP contribution is -2.07. The van der Waals surface area contributed by atoms with E-state index in [0.29, 0.717) is 18.0 Å². The monoisotopic (exact) mass is 395 g/mol. The Morgan fingerprint density at radius 1 is 1.20 bits per heavy atom. The second-order valence-electron chi connectivity index (χ2n) is 4.98. The van der Waals surface area contributed by atoms with Gasteiger partial charge in [-0.15, -0.1) is 0 Å². The molecule has 0 aliphatic carbocycles. The van der Waals surface area contributed by atoms with E-state index in [1.54, 1.807) is 6.20 Å². The van der Waals surface area contributed by atoms with Crippen molar-refractivity contribution in [3.63, 3.8) is 0 Å². The van der Waals surface area contributed by atoms with Crippen molar-refractivity contribution in [3.05, 3.63) is 62.3 Å². The number of hydrogen-bond donors (Lipinski definition) is 0. The van der Waals surface area contributed by atoms with Gasteiger partial charge in [-0.1, -0.05) is 38.1 Å². The van der Waals surface area contributed by atoms with Crippen molar-refractivity contribution in [3.8, 4) is 0 Å². The summed E-state index contributed by atoms with van der Waals surface area (Å²) in [6.07, 6.45) is 2.01. The highest BCUT2D eigenvalue weighted by atomic mass is 79.9. The maximum Gasteiger partial charge on any atom is 0.186 e. The second-order valence-corrected chi connectivity index (χ2v) is 6.75. The number of ketones is 1. The van der Waals surface area contributed by atoms with Gasteiger partial charge in [0.1, 0.15) is 5.69 Å². The standard InChI is InChI=1S/C16H15Br2NO/c1-10(2)12-5-3-11(4-6-12)7-15(20)16-14(18)8-13(17)9-19-16/h3-6,8-10H,7H2,1-2H3. The Hall–Kier alpha value is -1.000. The fourth-order valence-electron chi connectivity index (χ4n) is 1.91. The van der Waals surface area contributed by atoms with Gasteiger partial charge in [0.25, 0.3) is 0 Å². The molecule has 2 aromatic rings. The summed E-state index contributed by atoms with van der Waals surface area (Å²) in [7, 11) is 0. The molecular formula is C16H15Br2NO. The first-order chi connectivity index (χ1) is 9.47. The Balaban J connectivity index is 2.15. The number of carbonyl (C=O) groups excluding carboxylic acids is 1. The predicted molar refractivity (Wildman–Crippen MR) is 88.2 cm³/mol. The molecule has 2 nitrogen and oxygen atoms in total. The molecule has 0 saturated carbocycles. The number of hydrogen-bond acceptors (Lipinski definition) is 2. The van der Waals surface area contributed by atoms with Crippen LogP contribution in [0.1, 0.15) is 41.4 Å². The SMILES string of the molecule is CC(C)c1ccc(CC(=O)c2ncc(Br)cc2Br)cc1. The number of pyridine rings is 1. The zero-order valence-corrected chi connectivity index (χ0v) is 14.5. The summed E-state index contributed by atoms with van der Waals surface area (Å²) in [5, 5.41) is 0. The minimum atomic E-state index is 0.0154. The van der Waals surface area contributed by atoms with E-state index in [1.165, 1.54) is 5.56 Å². The Morgan fingerprint density at radius 3 is 2.40 bits per heavy atom. The number of nitrogens with zero attached hydrogens (tertiary/aromatic N) is 1. The molecule has 0 saturated heterocycles. The normalized spacial score (nSPS) is 10.8. The quantitative estimate of drug-likeness (QED) is 0.668. The lowest BCUT2D eigenvalue weighted by atomic mass is 9.99. The van der Waals surface area contributed by atoms with Crippen LogP contribution in [-0.4, -0.2) is 10.8 Å². The molecule has 0 fully saturated rings. The van der Waals surface area contributed by atoms with Crippen LogP contribution in [0.5, 0.6) is 0 Å². The summed E-state index contributed by atoms with van der Waals surface area (Å²) < 4.78 is 1.57. The summed E-state index contributed by atoms with van der Waals surface area (Å²) in [5.74, 6) is 0.517. The van der Waals surface area contributed by atoms with Crippen LogP contribution in [0.4, 0.5) is 0 Å². The molecule has 1 aromatic carbocycles. The zero-order valence-electron chi connectivity index (χ0n) is 11.4. The van der Waals surface area contributed by atoms with Crippen molar-refractivity contribution in [2.45, 2.75) is 26.2 Å². The maximum absolute atomic E-state index is 12.3. The maximum atomic E-state index is 12.3. The van der Waals surface area contributed by atoms with Gasteiger partial charge in [-0.2, -0.15) is 0 Å². The molecule has 1 aromatic heterocycles. The highest BCUT2D eigenvalue weighted by molar-refractivity contribution is 9.11. The number of rotatable bonds is 4. The van der Waals surface area contributed by atoms with Gasteiger partial charge in [0, 0.05) is 21.6 Å². The van der Waals surface area contributed by atoms with Gasteiger partial charge in [0.2, 0.25) is 0 Å². The van der Waals surface area contributed by atoms with Gasteiger partial charge in [-0.25, -0.2) is 0 Å². The van der Waals surface area contributed by atoms with Crippen molar-refractivity contribution >= 4 is 37.6 Å². The lowest BCUT2D eigenvalue weighted by Gasteiger charge is -2.07. The molecule has 0 spiro atoms. The Labute approximate surface area is 135 Å². The first-order valence-electron chi connectivity index (χ1n) is 6.40. The van der Waals surface area contributed by atoms with Crippen LogP contribution in [0.3, 0.4) is 0 Å². The number of carbonyl (C=O) groups is 1. The molecule has 1 heterocycles. The van der Waals surface area contributed by atoms with Crippen LogP contribution in [0.25, 0.3) is 0 Å². The average molecular weight is 397 g/mol. The molecule has 0 bridgehead atoms. The number of halogens is 2. The van der Waals surface area contributed by atoms with Crippen LogP contribution in [0.15, 0.2) is 45.5 Å². The smallest absolute Gasteiger partial charge is 0.186 e. The third-order valence-corrected chi connectivity index (χ3v) is 4.12. The molecule has 20 heavy (non-hydrogen) atoms. The third kappa shape index (κ3) is 3.76. The lowest BCUT2D eigenvalue weighted by molar-refractivity contribution is 0.0987. The molecular weight excluding hydrogens is 382 g/mol. The minimum absolute atomic E-state index is 0.0154. The van der Waals surface area contributed by atoms with E-state index in [-0.39, 0.29) is 5.78 Å². The Bertz CT molecular complexity index is 621. The summed E-state index contributed by atoms with van der Waals surface area (Å²) in [6, 6.07) is 10.0. The fraction of sp³-hybridized carbons (Fsp3) is 0.250. The van der Waals surface area contributed by atoms with Gasteiger partial charge < -0.3 is 0 Å². The molecule has 0 amide bonds. The molecule has 0 unspecified atom stereocenters. The number of aromatic nitrogens is 1. The summed E-state index contributed by atoms with van der Waals surface area (Å²) in [6.45, 7) is 4.31. The van der Waals surface area contributed by atoms with Gasteiger partial charge in [0.05, 0.1) is 0 Å². The molecule has 4 heteroatoms. The largest absolute Gasteiger partial charge is 0.292 e.